The summed E-state index contributed by atoms with van der Waals surface area (Å²) < 4.78 is 5.65. The Bertz CT molecular complexity index is 830. The quantitative estimate of drug-likeness (QED) is 0.682. The van der Waals surface area contributed by atoms with E-state index in [1.807, 2.05) is 36.4 Å². The van der Waals surface area contributed by atoms with Gasteiger partial charge in [0, 0.05) is 24.0 Å². The van der Waals surface area contributed by atoms with Gasteiger partial charge in [-0.2, -0.15) is 0 Å². The van der Waals surface area contributed by atoms with E-state index in [0.29, 0.717) is 29.3 Å². The summed E-state index contributed by atoms with van der Waals surface area (Å²) in [4.78, 5) is 27.3. The van der Waals surface area contributed by atoms with Gasteiger partial charge >= 0.3 is 0 Å². The van der Waals surface area contributed by atoms with Crippen LogP contribution in [0.3, 0.4) is 0 Å². The van der Waals surface area contributed by atoms with Crippen molar-refractivity contribution in [1.29, 1.82) is 0 Å². The summed E-state index contributed by atoms with van der Waals surface area (Å²) in [6, 6.07) is 15.2. The van der Waals surface area contributed by atoms with Crippen molar-refractivity contribution in [3.05, 3.63) is 59.7 Å². The molecule has 0 aromatic heterocycles. The fourth-order valence-corrected chi connectivity index (χ4v) is 3.74. The van der Waals surface area contributed by atoms with E-state index in [2.05, 4.69) is 24.9 Å². The third-order valence-electron chi connectivity index (χ3n) is 5.16. The second-order valence-electron chi connectivity index (χ2n) is 7.33. The first-order chi connectivity index (χ1) is 14.1. The Hall–Kier alpha value is -2.47. The van der Waals surface area contributed by atoms with Gasteiger partial charge in [-0.05, 0) is 49.1 Å². The van der Waals surface area contributed by atoms with Gasteiger partial charge in [-0.1, -0.05) is 37.6 Å². The van der Waals surface area contributed by atoms with Crippen LogP contribution in [0.1, 0.15) is 42.1 Å². The van der Waals surface area contributed by atoms with Crippen LogP contribution in [-0.2, 0) is 11.2 Å². The summed E-state index contributed by atoms with van der Waals surface area (Å²) in [5.41, 5.74) is 1.85. The fourth-order valence-electron chi connectivity index (χ4n) is 3.48. The Balaban J connectivity index is 1.42. The minimum atomic E-state index is -0.116. The normalized spacial score (nSPS) is 14.5. The third-order valence-corrected chi connectivity index (χ3v) is 5.55. The molecule has 0 unspecified atom stereocenters. The van der Waals surface area contributed by atoms with E-state index in [4.69, 9.17) is 4.74 Å². The monoisotopic (exact) mass is 412 g/mol. The molecule has 6 heteroatoms. The number of likely N-dealkylation sites (tertiary alicyclic amines) is 1. The van der Waals surface area contributed by atoms with E-state index in [1.165, 1.54) is 5.56 Å². The first-order valence-corrected chi connectivity index (χ1v) is 10.6. The number of ether oxygens (including phenoxy) is 1. The molecule has 29 heavy (non-hydrogen) atoms. The summed E-state index contributed by atoms with van der Waals surface area (Å²) in [5, 5.41) is 3.05. The van der Waals surface area contributed by atoms with Crippen LogP contribution < -0.4 is 10.1 Å². The highest BCUT2D eigenvalue weighted by Crippen LogP contribution is 2.17. The number of benzene rings is 2. The van der Waals surface area contributed by atoms with Gasteiger partial charge in [0.2, 0.25) is 0 Å². The molecule has 0 atom stereocenters. The van der Waals surface area contributed by atoms with Crippen molar-refractivity contribution in [2.45, 2.75) is 43.5 Å². The summed E-state index contributed by atoms with van der Waals surface area (Å²) in [5.74, 6) is 0.578. The number of piperidine rings is 1. The summed E-state index contributed by atoms with van der Waals surface area (Å²) in [7, 11) is 0. The third kappa shape index (κ3) is 6.00. The van der Waals surface area contributed by atoms with Crippen LogP contribution in [0.15, 0.2) is 53.4 Å². The summed E-state index contributed by atoms with van der Waals surface area (Å²) in [6.45, 7) is 3.42. The van der Waals surface area contributed by atoms with Crippen LogP contribution in [0, 0.1) is 0 Å². The number of hydrogen-bond donors (Lipinski definition) is 2. The highest BCUT2D eigenvalue weighted by Gasteiger charge is 2.24. The van der Waals surface area contributed by atoms with Crippen molar-refractivity contribution in [3.63, 3.8) is 0 Å². The molecule has 2 aromatic rings. The largest absolute Gasteiger partial charge is 0.484 e. The van der Waals surface area contributed by atoms with Crippen molar-refractivity contribution < 1.29 is 14.3 Å². The Morgan fingerprint density at radius 2 is 1.79 bits per heavy atom. The lowest BCUT2D eigenvalue weighted by Gasteiger charge is -2.32. The van der Waals surface area contributed by atoms with Crippen molar-refractivity contribution in [1.82, 2.24) is 10.2 Å². The molecule has 3 rings (SSSR count). The van der Waals surface area contributed by atoms with Gasteiger partial charge in [-0.3, -0.25) is 9.59 Å². The van der Waals surface area contributed by atoms with E-state index in [-0.39, 0.29) is 24.5 Å². The van der Waals surface area contributed by atoms with E-state index in [9.17, 15) is 9.59 Å². The molecular weight excluding hydrogens is 384 g/mol. The maximum Gasteiger partial charge on any atom is 0.260 e. The number of carbonyl (C=O) groups excluding carboxylic acids is 2. The lowest BCUT2D eigenvalue weighted by molar-refractivity contribution is -0.134. The molecule has 0 spiro atoms. The average molecular weight is 413 g/mol. The Morgan fingerprint density at radius 3 is 2.45 bits per heavy atom. The van der Waals surface area contributed by atoms with Crippen LogP contribution in [-0.4, -0.2) is 42.5 Å². The number of nitrogens with zero attached hydrogens (tertiary/aromatic N) is 1. The van der Waals surface area contributed by atoms with E-state index >= 15 is 0 Å². The molecule has 1 saturated heterocycles. The molecular formula is C23H28N2O3S. The number of rotatable bonds is 7. The number of thiol groups is 1. The number of hydrogen-bond acceptors (Lipinski definition) is 4. The minimum Gasteiger partial charge on any atom is -0.484 e. The predicted octanol–water partition coefficient (Wildman–Crippen LogP) is 3.73. The van der Waals surface area contributed by atoms with Gasteiger partial charge in [-0.15, -0.1) is 12.6 Å². The molecule has 2 aromatic carbocycles. The second kappa shape index (κ2) is 10.3. The van der Waals surface area contributed by atoms with Crippen LogP contribution in [0.4, 0.5) is 0 Å². The SMILES string of the molecule is CCCc1ccc(OCC(=O)N2CCC(NC(=O)c3ccccc3S)CC2)cc1. The maximum absolute atomic E-state index is 12.4. The molecule has 1 aliphatic rings. The molecule has 0 saturated carbocycles. The average Bonchev–Trinajstić information content (AvgIpc) is 2.74. The first-order valence-electron chi connectivity index (χ1n) is 10.1. The first kappa shape index (κ1) is 21.2. The van der Waals surface area contributed by atoms with Gasteiger partial charge in [-0.25, -0.2) is 0 Å². The summed E-state index contributed by atoms with van der Waals surface area (Å²) in [6.07, 6.45) is 3.62. The van der Waals surface area contributed by atoms with Crippen molar-refractivity contribution in [2.24, 2.45) is 0 Å². The Labute approximate surface area is 177 Å². The molecule has 2 amide bonds. The molecule has 0 bridgehead atoms. The Kier molecular flexibility index (Phi) is 7.58. The number of amides is 2. The van der Waals surface area contributed by atoms with Crippen molar-refractivity contribution in [2.75, 3.05) is 19.7 Å². The maximum atomic E-state index is 12.4. The second-order valence-corrected chi connectivity index (χ2v) is 7.81. The van der Waals surface area contributed by atoms with Gasteiger partial charge in [0.15, 0.2) is 6.61 Å². The lowest BCUT2D eigenvalue weighted by atomic mass is 10.0. The minimum absolute atomic E-state index is 0.0203. The van der Waals surface area contributed by atoms with Gasteiger partial charge in [0.1, 0.15) is 5.75 Å². The highest BCUT2D eigenvalue weighted by molar-refractivity contribution is 7.80. The van der Waals surface area contributed by atoms with Crippen LogP contribution in [0.5, 0.6) is 5.75 Å². The van der Waals surface area contributed by atoms with E-state index in [0.717, 1.165) is 25.7 Å². The van der Waals surface area contributed by atoms with Gasteiger partial charge in [0.25, 0.3) is 11.8 Å². The fraction of sp³-hybridized carbons (Fsp3) is 0.391. The van der Waals surface area contributed by atoms with Crippen LogP contribution >= 0.6 is 12.6 Å². The Morgan fingerprint density at radius 1 is 1.10 bits per heavy atom. The smallest absolute Gasteiger partial charge is 0.260 e. The number of nitrogens with one attached hydrogen (secondary N) is 1. The molecule has 154 valence electrons. The van der Waals surface area contributed by atoms with Crippen LogP contribution in [0.2, 0.25) is 0 Å². The van der Waals surface area contributed by atoms with E-state index in [1.54, 1.807) is 17.0 Å². The van der Waals surface area contributed by atoms with Crippen molar-refractivity contribution in [3.8, 4) is 5.75 Å². The molecule has 1 aliphatic heterocycles. The molecule has 1 heterocycles. The van der Waals surface area contributed by atoms with Crippen molar-refractivity contribution >= 4 is 24.4 Å². The zero-order valence-electron chi connectivity index (χ0n) is 16.8. The molecule has 1 fully saturated rings. The van der Waals surface area contributed by atoms with Crippen LogP contribution in [0.25, 0.3) is 0 Å². The zero-order valence-corrected chi connectivity index (χ0v) is 17.7. The number of carbonyl (C=O) groups is 2. The highest BCUT2D eigenvalue weighted by atomic mass is 32.1. The molecule has 0 aliphatic carbocycles. The molecule has 1 N–H and O–H groups in total. The van der Waals surface area contributed by atoms with E-state index < -0.39 is 0 Å². The predicted molar refractivity (Wildman–Crippen MR) is 117 cm³/mol. The molecule has 0 radical (unpaired) electrons. The molecule has 5 nitrogen and oxygen atoms in total. The topological polar surface area (TPSA) is 58.6 Å². The zero-order chi connectivity index (χ0) is 20.6. The van der Waals surface area contributed by atoms with Gasteiger partial charge in [0.05, 0.1) is 5.56 Å². The van der Waals surface area contributed by atoms with Gasteiger partial charge < -0.3 is 15.0 Å². The number of aryl methyl sites for hydroxylation is 1. The lowest BCUT2D eigenvalue weighted by Crippen LogP contribution is -2.47. The standard InChI is InChI=1S/C23H28N2O3S/c1-2-5-17-8-10-19(11-9-17)28-16-22(26)25-14-12-18(13-15-25)24-23(27)20-6-3-4-7-21(20)29/h3-4,6-11,18,29H,2,5,12-16H2,1H3,(H,24,27). The summed E-state index contributed by atoms with van der Waals surface area (Å²) >= 11 is 4.34.